The molecule has 1 aromatic heterocycles. The fourth-order valence-corrected chi connectivity index (χ4v) is 1.34. The molecule has 16 heavy (non-hydrogen) atoms. The van der Waals surface area contributed by atoms with Crippen LogP contribution in [0.4, 0.5) is 0 Å². The average molecular weight is 216 g/mol. The Morgan fingerprint density at radius 2 is 1.69 bits per heavy atom. The third kappa shape index (κ3) is 1.79. The van der Waals surface area contributed by atoms with Crippen LogP contribution in [0, 0.1) is 11.3 Å². The van der Waals surface area contributed by atoms with Crippen LogP contribution in [0.3, 0.4) is 0 Å². The van der Waals surface area contributed by atoms with Crippen molar-refractivity contribution in [3.05, 3.63) is 56.4 Å². The van der Waals surface area contributed by atoms with Crippen LogP contribution in [0.1, 0.15) is 11.1 Å². The number of rotatable bonds is 2. The molecule has 2 N–H and O–H groups in total. The summed E-state index contributed by atoms with van der Waals surface area (Å²) in [5.74, 6) is 0. The van der Waals surface area contributed by atoms with Crippen molar-refractivity contribution in [3.63, 3.8) is 0 Å². The summed E-state index contributed by atoms with van der Waals surface area (Å²) in [4.78, 5) is 22.4. The molecule has 0 amide bonds. The van der Waals surface area contributed by atoms with Gasteiger partial charge in [-0.2, -0.15) is 5.26 Å². The van der Waals surface area contributed by atoms with Crippen molar-refractivity contribution in [3.8, 4) is 6.07 Å². The van der Waals surface area contributed by atoms with Gasteiger partial charge in [-0.15, -0.1) is 0 Å². The van der Waals surface area contributed by atoms with Gasteiger partial charge < -0.3 is 0 Å². The Morgan fingerprint density at radius 1 is 1.12 bits per heavy atom. The van der Waals surface area contributed by atoms with Crippen molar-refractivity contribution < 1.29 is 0 Å². The Kier molecular flexibility index (Phi) is 2.44. The van der Waals surface area contributed by atoms with E-state index in [-0.39, 0.29) is 6.54 Å². The zero-order valence-electron chi connectivity index (χ0n) is 8.23. The normalized spacial score (nSPS) is 9.94. The molecule has 0 saturated heterocycles. The molecular formula is C10H8N4O2. The highest BCUT2D eigenvalue weighted by Crippen LogP contribution is 2.03. The highest BCUT2D eigenvalue weighted by molar-refractivity contribution is 5.31. The van der Waals surface area contributed by atoms with Gasteiger partial charge in [-0.3, -0.25) is 0 Å². The summed E-state index contributed by atoms with van der Waals surface area (Å²) < 4.78 is 1.04. The van der Waals surface area contributed by atoms with Gasteiger partial charge >= 0.3 is 11.4 Å². The summed E-state index contributed by atoms with van der Waals surface area (Å²) in [7, 11) is 0. The Hall–Kier alpha value is -2.55. The quantitative estimate of drug-likeness (QED) is 0.726. The monoisotopic (exact) mass is 216 g/mol. The first-order valence-corrected chi connectivity index (χ1v) is 4.57. The molecule has 1 heterocycles. The summed E-state index contributed by atoms with van der Waals surface area (Å²) >= 11 is 0. The Bertz CT molecular complexity index is 611. The number of H-pyrrole nitrogens is 2. The summed E-state index contributed by atoms with van der Waals surface area (Å²) in [5.41, 5.74) is 0.369. The molecule has 0 aliphatic carbocycles. The van der Waals surface area contributed by atoms with Crippen LogP contribution < -0.4 is 11.4 Å². The van der Waals surface area contributed by atoms with Crippen LogP contribution in [0.15, 0.2) is 33.9 Å². The minimum atomic E-state index is -0.477. The topological polar surface area (TPSA) is 94.4 Å². The van der Waals surface area contributed by atoms with E-state index in [2.05, 4.69) is 10.2 Å². The van der Waals surface area contributed by atoms with E-state index >= 15 is 0 Å². The number of benzene rings is 1. The van der Waals surface area contributed by atoms with Gasteiger partial charge in [-0.25, -0.2) is 24.4 Å². The predicted octanol–water partition coefficient (Wildman–Crippen LogP) is -0.215. The van der Waals surface area contributed by atoms with Gasteiger partial charge in [0.1, 0.15) is 0 Å². The second-order valence-electron chi connectivity index (χ2n) is 3.26. The van der Waals surface area contributed by atoms with Crippen LogP contribution >= 0.6 is 0 Å². The number of nitriles is 1. The van der Waals surface area contributed by atoms with E-state index in [1.54, 1.807) is 24.3 Å². The maximum absolute atomic E-state index is 11.2. The lowest BCUT2D eigenvalue weighted by Gasteiger charge is -1.99. The van der Waals surface area contributed by atoms with Crippen molar-refractivity contribution in [1.82, 2.24) is 14.8 Å². The molecule has 0 unspecified atom stereocenters. The maximum atomic E-state index is 11.2. The molecule has 2 aromatic rings. The van der Waals surface area contributed by atoms with Crippen LogP contribution in [0.5, 0.6) is 0 Å². The molecule has 2 rings (SSSR count). The minimum Gasteiger partial charge on any atom is -0.247 e. The Labute approximate surface area is 89.8 Å². The second kappa shape index (κ2) is 3.90. The largest absolute Gasteiger partial charge is 0.344 e. The van der Waals surface area contributed by atoms with Crippen molar-refractivity contribution in [2.45, 2.75) is 6.54 Å². The zero-order chi connectivity index (χ0) is 11.5. The average Bonchev–Trinajstić information content (AvgIpc) is 2.62. The Morgan fingerprint density at radius 3 is 2.19 bits per heavy atom. The summed E-state index contributed by atoms with van der Waals surface area (Å²) in [5, 5.41) is 13.0. The van der Waals surface area contributed by atoms with Crippen molar-refractivity contribution in [1.29, 1.82) is 5.26 Å². The molecule has 1 aromatic carbocycles. The summed E-state index contributed by atoms with van der Waals surface area (Å²) in [6.07, 6.45) is 0. The van der Waals surface area contributed by atoms with E-state index in [1.807, 2.05) is 6.07 Å². The molecular weight excluding hydrogens is 208 g/mol. The van der Waals surface area contributed by atoms with Gasteiger partial charge in [0.2, 0.25) is 0 Å². The second-order valence-corrected chi connectivity index (χ2v) is 3.26. The summed E-state index contributed by atoms with van der Waals surface area (Å²) in [6, 6.07) is 8.68. The van der Waals surface area contributed by atoms with E-state index < -0.39 is 11.4 Å². The predicted molar refractivity (Wildman–Crippen MR) is 55.9 cm³/mol. The highest BCUT2D eigenvalue weighted by atomic mass is 16.2. The number of nitrogens with zero attached hydrogens (tertiary/aromatic N) is 2. The number of hydrogen-bond donors (Lipinski definition) is 2. The van der Waals surface area contributed by atoms with Gasteiger partial charge in [0.15, 0.2) is 0 Å². The standard InChI is InChI=1S/C10H8N4O2/c11-5-7-1-3-8(4-2-7)6-14-9(15)12-13-10(14)16/h1-4H,6H2,(H,12,15)(H,13,16). The van der Waals surface area contributed by atoms with Crippen LogP contribution in [-0.2, 0) is 6.54 Å². The number of hydrogen-bond acceptors (Lipinski definition) is 3. The number of aromatic amines is 2. The molecule has 0 aliphatic rings. The third-order valence-corrected chi connectivity index (χ3v) is 2.19. The van der Waals surface area contributed by atoms with Crippen LogP contribution in [-0.4, -0.2) is 14.8 Å². The molecule has 0 bridgehead atoms. The Balaban J connectivity index is 2.32. The molecule has 0 aliphatic heterocycles. The molecule has 0 radical (unpaired) electrons. The lowest BCUT2D eigenvalue weighted by atomic mass is 10.1. The number of aromatic nitrogens is 3. The summed E-state index contributed by atoms with van der Waals surface area (Å²) in [6.45, 7) is 0.184. The molecule has 80 valence electrons. The fourth-order valence-electron chi connectivity index (χ4n) is 1.34. The smallest absolute Gasteiger partial charge is 0.247 e. The van der Waals surface area contributed by atoms with E-state index in [0.717, 1.165) is 10.1 Å². The van der Waals surface area contributed by atoms with Crippen LogP contribution in [0.25, 0.3) is 0 Å². The first-order valence-electron chi connectivity index (χ1n) is 4.57. The maximum Gasteiger partial charge on any atom is 0.344 e. The lowest BCUT2D eigenvalue weighted by molar-refractivity contribution is 0.733. The zero-order valence-corrected chi connectivity index (χ0v) is 8.23. The first-order chi connectivity index (χ1) is 7.70. The van der Waals surface area contributed by atoms with Gasteiger partial charge in [-0.1, -0.05) is 12.1 Å². The lowest BCUT2D eigenvalue weighted by Crippen LogP contribution is -2.26. The third-order valence-electron chi connectivity index (χ3n) is 2.19. The molecule has 0 atom stereocenters. The molecule has 6 heteroatoms. The SMILES string of the molecule is N#Cc1ccc(Cn2c(=O)[nH][nH]c2=O)cc1. The molecule has 0 fully saturated rings. The van der Waals surface area contributed by atoms with E-state index in [1.165, 1.54) is 0 Å². The van der Waals surface area contributed by atoms with Gasteiger partial charge in [-0.05, 0) is 17.7 Å². The number of nitrogens with one attached hydrogen (secondary N) is 2. The minimum absolute atomic E-state index is 0.184. The van der Waals surface area contributed by atoms with Crippen molar-refractivity contribution in [2.75, 3.05) is 0 Å². The van der Waals surface area contributed by atoms with E-state index in [0.29, 0.717) is 5.56 Å². The van der Waals surface area contributed by atoms with Crippen LogP contribution in [0.2, 0.25) is 0 Å². The van der Waals surface area contributed by atoms with Gasteiger partial charge in [0.25, 0.3) is 0 Å². The van der Waals surface area contributed by atoms with E-state index in [9.17, 15) is 9.59 Å². The van der Waals surface area contributed by atoms with Gasteiger partial charge in [0, 0.05) is 0 Å². The molecule has 6 nitrogen and oxygen atoms in total. The highest BCUT2D eigenvalue weighted by Gasteiger charge is 2.03. The fraction of sp³-hybridized carbons (Fsp3) is 0.100. The van der Waals surface area contributed by atoms with Crippen molar-refractivity contribution >= 4 is 0 Å². The molecule has 0 spiro atoms. The van der Waals surface area contributed by atoms with E-state index in [4.69, 9.17) is 5.26 Å². The van der Waals surface area contributed by atoms with Gasteiger partial charge in [0.05, 0.1) is 18.2 Å². The molecule has 0 saturated carbocycles. The first kappa shape index (κ1) is 9.98. The van der Waals surface area contributed by atoms with Crippen molar-refractivity contribution in [2.24, 2.45) is 0 Å².